The number of aromatic nitrogens is 1. The third kappa shape index (κ3) is 4.81. The number of amides is 1. The van der Waals surface area contributed by atoms with Gasteiger partial charge in [-0.15, -0.1) is 6.58 Å². The van der Waals surface area contributed by atoms with E-state index in [2.05, 4.69) is 16.9 Å². The predicted octanol–water partition coefficient (Wildman–Crippen LogP) is 3.41. The number of carboxylic acids is 1. The van der Waals surface area contributed by atoms with Gasteiger partial charge in [-0.2, -0.15) is 0 Å². The molecule has 0 aliphatic heterocycles. The van der Waals surface area contributed by atoms with Crippen LogP contribution in [0.4, 0.5) is 4.79 Å². The van der Waals surface area contributed by atoms with Gasteiger partial charge in [0, 0.05) is 6.20 Å². The molecule has 1 aliphatic rings. The number of carbonyl (C=O) groups is 2. The molecule has 1 unspecified atom stereocenters. The van der Waals surface area contributed by atoms with Gasteiger partial charge in [-0.25, -0.2) is 4.79 Å². The fourth-order valence-corrected chi connectivity index (χ4v) is 2.59. The first kappa shape index (κ1) is 18.0. The summed E-state index contributed by atoms with van der Waals surface area (Å²) in [7, 11) is 0. The molecule has 1 amide bonds. The topological polar surface area (TPSA) is 88.5 Å². The summed E-state index contributed by atoms with van der Waals surface area (Å²) in [6, 6.07) is 3.33. The van der Waals surface area contributed by atoms with E-state index in [1.54, 1.807) is 33.0 Å². The normalized spacial score (nSPS) is 20.8. The Labute approximate surface area is 141 Å². The summed E-state index contributed by atoms with van der Waals surface area (Å²) in [5.41, 5.74) is 1.03. The van der Waals surface area contributed by atoms with Crippen molar-refractivity contribution < 1.29 is 19.4 Å². The lowest BCUT2D eigenvalue weighted by Crippen LogP contribution is -2.35. The Morgan fingerprint density at radius 2 is 2.25 bits per heavy atom. The predicted molar refractivity (Wildman–Crippen MR) is 89.6 cm³/mol. The van der Waals surface area contributed by atoms with Crippen molar-refractivity contribution in [3.63, 3.8) is 0 Å². The summed E-state index contributed by atoms with van der Waals surface area (Å²) in [5.74, 6) is -1.07. The second-order valence-corrected chi connectivity index (χ2v) is 7.02. The van der Waals surface area contributed by atoms with Gasteiger partial charge in [0.1, 0.15) is 5.60 Å². The van der Waals surface area contributed by atoms with E-state index < -0.39 is 17.7 Å². The monoisotopic (exact) mass is 332 g/mol. The van der Waals surface area contributed by atoms with Crippen molar-refractivity contribution in [3.8, 4) is 0 Å². The van der Waals surface area contributed by atoms with Crippen LogP contribution in [-0.4, -0.2) is 27.8 Å². The van der Waals surface area contributed by atoms with Crippen LogP contribution >= 0.6 is 0 Å². The lowest BCUT2D eigenvalue weighted by Gasteiger charge is -2.23. The van der Waals surface area contributed by atoms with Gasteiger partial charge in [-0.3, -0.25) is 9.78 Å². The molecule has 6 heteroatoms. The number of pyridine rings is 1. The number of alkyl carbamates (subject to hydrolysis) is 1. The molecule has 2 N–H and O–H groups in total. The molecule has 1 saturated carbocycles. The molecule has 1 aromatic rings. The summed E-state index contributed by atoms with van der Waals surface area (Å²) >= 11 is 0. The molecular weight excluding hydrogens is 308 g/mol. The Kier molecular flexibility index (Phi) is 5.26. The van der Waals surface area contributed by atoms with Gasteiger partial charge in [0.2, 0.25) is 0 Å². The van der Waals surface area contributed by atoms with Crippen molar-refractivity contribution in [2.45, 2.75) is 51.2 Å². The molecule has 1 aliphatic carbocycles. The highest BCUT2D eigenvalue weighted by Crippen LogP contribution is 2.47. The molecule has 6 nitrogen and oxygen atoms in total. The smallest absolute Gasteiger partial charge is 0.408 e. The van der Waals surface area contributed by atoms with Crippen molar-refractivity contribution in [2.24, 2.45) is 5.92 Å². The van der Waals surface area contributed by atoms with Gasteiger partial charge in [-0.1, -0.05) is 6.08 Å². The quantitative estimate of drug-likeness (QED) is 0.779. The van der Waals surface area contributed by atoms with Gasteiger partial charge < -0.3 is 15.2 Å². The zero-order chi connectivity index (χ0) is 17.9. The number of aliphatic carboxylic acids is 1. The minimum Gasteiger partial charge on any atom is -0.481 e. The number of hydrogen-bond donors (Lipinski definition) is 2. The summed E-state index contributed by atoms with van der Waals surface area (Å²) in [5, 5.41) is 11.9. The van der Waals surface area contributed by atoms with Crippen molar-refractivity contribution in [1.82, 2.24) is 10.3 Å². The number of nitrogens with zero attached hydrogens (tertiary/aromatic N) is 1. The molecule has 1 heterocycles. The molecule has 1 fully saturated rings. The first-order chi connectivity index (χ1) is 11.2. The highest BCUT2D eigenvalue weighted by Gasteiger charge is 2.44. The van der Waals surface area contributed by atoms with Gasteiger partial charge in [0.25, 0.3) is 0 Å². The van der Waals surface area contributed by atoms with Crippen LogP contribution in [0.5, 0.6) is 0 Å². The third-order valence-corrected chi connectivity index (χ3v) is 3.79. The minimum atomic E-state index is -0.770. The molecule has 0 bridgehead atoms. The lowest BCUT2D eigenvalue weighted by atomic mass is 10.0. The number of ether oxygens (including phenoxy) is 1. The zero-order valence-electron chi connectivity index (χ0n) is 14.3. The second kappa shape index (κ2) is 7.03. The molecule has 24 heavy (non-hydrogen) atoms. The number of hydrogen-bond acceptors (Lipinski definition) is 4. The highest BCUT2D eigenvalue weighted by molar-refractivity contribution is 5.75. The maximum absolute atomic E-state index is 12.0. The van der Waals surface area contributed by atoms with E-state index in [1.807, 2.05) is 12.1 Å². The van der Waals surface area contributed by atoms with Crippen molar-refractivity contribution >= 4 is 12.1 Å². The van der Waals surface area contributed by atoms with E-state index >= 15 is 0 Å². The Hall–Kier alpha value is -2.37. The number of carbonyl (C=O) groups excluding carboxylic acids is 1. The molecule has 2 rings (SSSR count). The molecule has 0 aromatic carbocycles. The van der Waals surface area contributed by atoms with Gasteiger partial charge in [0.05, 0.1) is 17.7 Å². The Morgan fingerprint density at radius 1 is 1.54 bits per heavy atom. The number of rotatable bonds is 6. The van der Waals surface area contributed by atoms with E-state index in [1.165, 1.54) is 0 Å². The molecule has 130 valence electrons. The summed E-state index contributed by atoms with van der Waals surface area (Å²) in [6.45, 7) is 9.11. The van der Waals surface area contributed by atoms with E-state index in [-0.39, 0.29) is 17.9 Å². The van der Waals surface area contributed by atoms with Gasteiger partial charge >= 0.3 is 12.1 Å². The maximum atomic E-state index is 12.0. The fourth-order valence-electron chi connectivity index (χ4n) is 2.59. The lowest BCUT2D eigenvalue weighted by molar-refractivity contribution is -0.138. The van der Waals surface area contributed by atoms with Crippen LogP contribution in [0.1, 0.15) is 56.8 Å². The molecule has 0 radical (unpaired) electrons. The molecule has 0 spiro atoms. The van der Waals surface area contributed by atoms with Crippen LogP contribution in [0.3, 0.4) is 0 Å². The van der Waals surface area contributed by atoms with Crippen molar-refractivity contribution in [2.75, 3.05) is 0 Å². The molecule has 3 atom stereocenters. The van der Waals surface area contributed by atoms with Crippen LogP contribution < -0.4 is 5.32 Å². The third-order valence-electron chi connectivity index (χ3n) is 3.79. The fraction of sp³-hybridized carbons (Fsp3) is 0.500. The second-order valence-electron chi connectivity index (χ2n) is 7.02. The van der Waals surface area contributed by atoms with E-state index in [9.17, 15) is 9.59 Å². The van der Waals surface area contributed by atoms with E-state index in [0.29, 0.717) is 18.5 Å². The van der Waals surface area contributed by atoms with Crippen molar-refractivity contribution in [3.05, 3.63) is 42.2 Å². The minimum absolute atomic E-state index is 0.0233. The summed E-state index contributed by atoms with van der Waals surface area (Å²) in [6.07, 6.45) is 3.98. The van der Waals surface area contributed by atoms with Crippen LogP contribution in [0.2, 0.25) is 0 Å². The first-order valence-corrected chi connectivity index (χ1v) is 8.00. The zero-order valence-corrected chi connectivity index (χ0v) is 14.3. The molecule has 1 aromatic heterocycles. The molecular formula is C18H24N2O4. The van der Waals surface area contributed by atoms with Crippen LogP contribution in [0, 0.1) is 5.92 Å². The average molecular weight is 332 g/mol. The van der Waals surface area contributed by atoms with Gasteiger partial charge in [0.15, 0.2) is 0 Å². The summed E-state index contributed by atoms with van der Waals surface area (Å²) in [4.78, 5) is 27.4. The standard InChI is InChI=1S/C18H24N2O4/c1-5-6-14(20-17(23)24-18(2,3)4)15-9-11(7-8-19-15)12-10-13(12)16(21)22/h5,7-9,12-14H,1,6,10H2,2-4H3,(H,20,23)(H,21,22)/t12-,13-,14?/m1/s1. The van der Waals surface area contributed by atoms with Crippen LogP contribution in [0.15, 0.2) is 31.0 Å². The largest absolute Gasteiger partial charge is 0.481 e. The Bertz CT molecular complexity index is 636. The van der Waals surface area contributed by atoms with Crippen molar-refractivity contribution in [1.29, 1.82) is 0 Å². The highest BCUT2D eigenvalue weighted by atomic mass is 16.6. The number of nitrogens with one attached hydrogen (secondary N) is 1. The Balaban J connectivity index is 2.12. The average Bonchev–Trinajstić information content (AvgIpc) is 3.25. The van der Waals surface area contributed by atoms with E-state index in [0.717, 1.165) is 5.56 Å². The Morgan fingerprint density at radius 3 is 2.79 bits per heavy atom. The molecule has 0 saturated heterocycles. The van der Waals surface area contributed by atoms with Crippen LogP contribution in [-0.2, 0) is 9.53 Å². The van der Waals surface area contributed by atoms with E-state index in [4.69, 9.17) is 9.84 Å². The maximum Gasteiger partial charge on any atom is 0.408 e. The first-order valence-electron chi connectivity index (χ1n) is 8.00. The SMILES string of the molecule is C=CCC(NC(=O)OC(C)(C)C)c1cc([C@H]2C[C@H]2C(=O)O)ccn1. The number of carboxylic acid groups (broad SMARTS) is 1. The van der Waals surface area contributed by atoms with Gasteiger partial charge in [-0.05, 0) is 57.2 Å². The summed E-state index contributed by atoms with van der Waals surface area (Å²) < 4.78 is 5.28. The van der Waals surface area contributed by atoms with Crippen LogP contribution in [0.25, 0.3) is 0 Å².